The fraction of sp³-hybridized carbons (Fsp3) is 0.556. The third kappa shape index (κ3) is 3.03. The van der Waals surface area contributed by atoms with E-state index in [9.17, 15) is 4.79 Å². The lowest BCUT2D eigenvalue weighted by molar-refractivity contribution is -0.142. The second-order valence-corrected chi connectivity index (χ2v) is 6.51. The number of rotatable bonds is 3. The van der Waals surface area contributed by atoms with E-state index in [0.29, 0.717) is 31.8 Å². The lowest BCUT2D eigenvalue weighted by atomic mass is 9.95. The predicted molar refractivity (Wildman–Crippen MR) is 91.0 cm³/mol. The molecule has 2 fully saturated rings. The van der Waals surface area contributed by atoms with Crippen molar-refractivity contribution in [2.24, 2.45) is 0 Å². The van der Waals surface area contributed by atoms with Crippen LogP contribution in [0.25, 0.3) is 11.0 Å². The summed E-state index contributed by atoms with van der Waals surface area (Å²) in [4.78, 5) is 17.2. The molecule has 24 heavy (non-hydrogen) atoms. The number of amides is 1. The highest BCUT2D eigenvalue weighted by Gasteiger charge is 2.27. The van der Waals surface area contributed by atoms with Gasteiger partial charge in [-0.3, -0.25) is 10.1 Å². The molecule has 6 heteroatoms. The van der Waals surface area contributed by atoms with Crippen LogP contribution in [0.2, 0.25) is 0 Å². The van der Waals surface area contributed by atoms with Crippen LogP contribution < -0.4 is 5.32 Å². The number of hydrogen-bond acceptors (Lipinski definition) is 4. The average Bonchev–Trinajstić information content (AvgIpc) is 3.01. The zero-order chi connectivity index (χ0) is 16.4. The molecule has 1 N–H and O–H groups in total. The summed E-state index contributed by atoms with van der Waals surface area (Å²) in [5.74, 6) is 0.448. The largest absolute Gasteiger partial charge is 0.376 e. The second-order valence-electron chi connectivity index (χ2n) is 6.51. The van der Waals surface area contributed by atoms with E-state index in [-0.39, 0.29) is 5.91 Å². The first kappa shape index (κ1) is 15.6. The Labute approximate surface area is 141 Å². The van der Waals surface area contributed by atoms with E-state index in [1.807, 2.05) is 18.2 Å². The molecule has 2 aromatic rings. The van der Waals surface area contributed by atoms with E-state index in [0.717, 1.165) is 23.9 Å². The van der Waals surface area contributed by atoms with Gasteiger partial charge in [0.15, 0.2) is 6.10 Å². The summed E-state index contributed by atoms with van der Waals surface area (Å²) in [5, 5.41) is 2.97. The molecule has 0 radical (unpaired) electrons. The van der Waals surface area contributed by atoms with Crippen molar-refractivity contribution >= 4 is 22.9 Å². The van der Waals surface area contributed by atoms with Gasteiger partial charge in [-0.05, 0) is 25.0 Å². The highest BCUT2D eigenvalue weighted by molar-refractivity contribution is 5.94. The smallest absolute Gasteiger partial charge is 0.258 e. The number of aromatic nitrogens is 2. The van der Waals surface area contributed by atoms with Gasteiger partial charge in [0.2, 0.25) is 5.95 Å². The standard InChI is InChI=1S/C18H23N3O3/c22-17(16-12-23-10-11-24-16)20-18-19-14-8-4-5-9-15(14)21(18)13-6-2-1-3-7-13/h4-5,8-9,13,16H,1-3,6-7,10-12H2,(H,19,20,22)/t16-/m0/s1. The van der Waals surface area contributed by atoms with Crippen molar-refractivity contribution in [3.05, 3.63) is 24.3 Å². The van der Waals surface area contributed by atoms with Crippen LogP contribution in [0, 0.1) is 0 Å². The van der Waals surface area contributed by atoms with Crippen molar-refractivity contribution in [1.29, 1.82) is 0 Å². The van der Waals surface area contributed by atoms with E-state index in [4.69, 9.17) is 9.47 Å². The number of fused-ring (bicyclic) bond motifs is 1. The Bertz CT molecular complexity index is 715. The first-order valence-corrected chi connectivity index (χ1v) is 8.80. The molecule has 1 aromatic heterocycles. The molecule has 4 rings (SSSR count). The normalized spacial score (nSPS) is 22.6. The average molecular weight is 329 g/mol. The lowest BCUT2D eigenvalue weighted by Crippen LogP contribution is -2.39. The molecule has 0 spiro atoms. The Morgan fingerprint density at radius 1 is 1.17 bits per heavy atom. The number of anilines is 1. The number of hydrogen-bond donors (Lipinski definition) is 1. The molecule has 1 saturated heterocycles. The molecule has 1 aliphatic carbocycles. The van der Waals surface area contributed by atoms with Gasteiger partial charge in [-0.2, -0.15) is 0 Å². The Kier molecular flexibility index (Phi) is 4.49. The molecule has 0 unspecified atom stereocenters. The zero-order valence-electron chi connectivity index (χ0n) is 13.7. The van der Waals surface area contributed by atoms with Crippen molar-refractivity contribution in [2.45, 2.75) is 44.2 Å². The van der Waals surface area contributed by atoms with E-state index < -0.39 is 6.10 Å². The number of carbonyl (C=O) groups is 1. The summed E-state index contributed by atoms with van der Waals surface area (Å²) < 4.78 is 13.0. The van der Waals surface area contributed by atoms with Crippen LogP contribution in [0.5, 0.6) is 0 Å². The van der Waals surface area contributed by atoms with Crippen LogP contribution in [0.4, 0.5) is 5.95 Å². The third-order valence-electron chi connectivity index (χ3n) is 4.88. The first-order valence-electron chi connectivity index (χ1n) is 8.80. The van der Waals surface area contributed by atoms with E-state index in [1.54, 1.807) is 0 Å². The summed E-state index contributed by atoms with van der Waals surface area (Å²) in [5.41, 5.74) is 2.00. The molecular weight excluding hydrogens is 306 g/mol. The van der Waals surface area contributed by atoms with Crippen LogP contribution in [0.3, 0.4) is 0 Å². The monoisotopic (exact) mass is 329 g/mol. The third-order valence-corrected chi connectivity index (χ3v) is 4.88. The van der Waals surface area contributed by atoms with Gasteiger partial charge in [0.1, 0.15) is 0 Å². The molecule has 0 bridgehead atoms. The van der Waals surface area contributed by atoms with Crippen molar-refractivity contribution in [2.75, 3.05) is 25.1 Å². The van der Waals surface area contributed by atoms with E-state index in [2.05, 4.69) is 20.9 Å². The molecule has 1 amide bonds. The van der Waals surface area contributed by atoms with Crippen LogP contribution in [-0.4, -0.2) is 41.4 Å². The predicted octanol–water partition coefficient (Wildman–Crippen LogP) is 2.90. The van der Waals surface area contributed by atoms with Crippen molar-refractivity contribution < 1.29 is 14.3 Å². The number of nitrogens with zero attached hydrogens (tertiary/aromatic N) is 2. The van der Waals surface area contributed by atoms with Crippen LogP contribution in [0.15, 0.2) is 24.3 Å². The molecule has 2 heterocycles. The molecule has 1 saturated carbocycles. The molecule has 1 aromatic carbocycles. The molecule has 1 aliphatic heterocycles. The minimum Gasteiger partial charge on any atom is -0.376 e. The Balaban J connectivity index is 1.64. The maximum Gasteiger partial charge on any atom is 0.258 e. The Morgan fingerprint density at radius 2 is 2.00 bits per heavy atom. The van der Waals surface area contributed by atoms with Crippen molar-refractivity contribution in [3.63, 3.8) is 0 Å². The van der Waals surface area contributed by atoms with Gasteiger partial charge in [0.05, 0.1) is 30.9 Å². The van der Waals surface area contributed by atoms with Crippen LogP contribution >= 0.6 is 0 Å². The maximum atomic E-state index is 12.5. The molecular formula is C18H23N3O3. The number of ether oxygens (including phenoxy) is 2. The van der Waals surface area contributed by atoms with Gasteiger partial charge < -0.3 is 14.0 Å². The second kappa shape index (κ2) is 6.91. The zero-order valence-corrected chi connectivity index (χ0v) is 13.7. The number of nitrogens with one attached hydrogen (secondary N) is 1. The highest BCUT2D eigenvalue weighted by Crippen LogP contribution is 2.34. The summed E-state index contributed by atoms with van der Waals surface area (Å²) in [6.45, 7) is 1.30. The van der Waals surface area contributed by atoms with Gasteiger partial charge in [-0.1, -0.05) is 31.4 Å². The minimum absolute atomic E-state index is 0.179. The molecule has 1 atom stereocenters. The SMILES string of the molecule is O=C(Nc1nc2ccccc2n1C1CCCCC1)[C@@H]1COCCO1. The summed E-state index contributed by atoms with van der Waals surface area (Å²) >= 11 is 0. The molecule has 128 valence electrons. The van der Waals surface area contributed by atoms with Crippen LogP contribution in [0.1, 0.15) is 38.1 Å². The quantitative estimate of drug-likeness (QED) is 0.940. The Hall–Kier alpha value is -1.92. The van der Waals surface area contributed by atoms with Crippen molar-refractivity contribution in [3.8, 4) is 0 Å². The molecule has 2 aliphatic rings. The Morgan fingerprint density at radius 3 is 2.79 bits per heavy atom. The van der Waals surface area contributed by atoms with Gasteiger partial charge >= 0.3 is 0 Å². The number of para-hydroxylation sites is 2. The maximum absolute atomic E-state index is 12.5. The summed E-state index contributed by atoms with van der Waals surface area (Å²) in [6, 6.07) is 8.46. The number of benzene rings is 1. The summed E-state index contributed by atoms with van der Waals surface area (Å²) in [7, 11) is 0. The van der Waals surface area contributed by atoms with Crippen molar-refractivity contribution in [1.82, 2.24) is 9.55 Å². The van der Waals surface area contributed by atoms with Crippen LogP contribution in [-0.2, 0) is 14.3 Å². The topological polar surface area (TPSA) is 65.4 Å². The highest BCUT2D eigenvalue weighted by atomic mass is 16.6. The lowest BCUT2D eigenvalue weighted by Gasteiger charge is -2.26. The minimum atomic E-state index is -0.557. The molecule has 6 nitrogen and oxygen atoms in total. The van der Waals surface area contributed by atoms with E-state index in [1.165, 1.54) is 19.3 Å². The van der Waals surface area contributed by atoms with Gasteiger partial charge in [0.25, 0.3) is 5.91 Å². The summed E-state index contributed by atoms with van der Waals surface area (Å²) in [6.07, 6.45) is 5.45. The first-order chi connectivity index (χ1) is 11.8. The fourth-order valence-electron chi connectivity index (χ4n) is 3.67. The van der Waals surface area contributed by atoms with Gasteiger partial charge in [0, 0.05) is 6.04 Å². The number of imidazole rings is 1. The number of carbonyl (C=O) groups excluding carboxylic acids is 1. The fourth-order valence-corrected chi connectivity index (χ4v) is 3.67. The van der Waals surface area contributed by atoms with Gasteiger partial charge in [-0.15, -0.1) is 0 Å². The van der Waals surface area contributed by atoms with E-state index >= 15 is 0 Å². The van der Waals surface area contributed by atoms with Gasteiger partial charge in [-0.25, -0.2) is 4.98 Å².